The fourth-order valence-electron chi connectivity index (χ4n) is 2.10. The van der Waals surface area contributed by atoms with Gasteiger partial charge in [0.1, 0.15) is 0 Å². The number of nitro groups is 1. The van der Waals surface area contributed by atoms with Crippen LogP contribution in [0.4, 0.5) is 5.69 Å². The standard InChI is InChI=1S/C14H16N2O5S/c1-3-15(9-12-6-7-21-10-12)22(19,20)13-4-5-14(16(17)18)11(2)8-13/h4-8,10H,3,9H2,1-2H3. The maximum absolute atomic E-state index is 12.6. The van der Waals surface area contributed by atoms with Gasteiger partial charge in [0, 0.05) is 30.3 Å². The van der Waals surface area contributed by atoms with E-state index in [0.29, 0.717) is 5.56 Å². The van der Waals surface area contributed by atoms with Crippen molar-refractivity contribution in [2.45, 2.75) is 25.3 Å². The Morgan fingerprint density at radius 1 is 1.32 bits per heavy atom. The monoisotopic (exact) mass is 324 g/mol. The van der Waals surface area contributed by atoms with E-state index in [1.165, 1.54) is 42.0 Å². The second-order valence-electron chi connectivity index (χ2n) is 4.77. The van der Waals surface area contributed by atoms with Gasteiger partial charge >= 0.3 is 0 Å². The Kier molecular flexibility index (Phi) is 4.62. The highest BCUT2D eigenvalue weighted by Crippen LogP contribution is 2.24. The topological polar surface area (TPSA) is 93.7 Å². The predicted octanol–water partition coefficient (Wildman–Crippen LogP) is 2.71. The van der Waals surface area contributed by atoms with Crippen molar-refractivity contribution in [3.05, 3.63) is 58.0 Å². The number of nitro benzene ring substituents is 1. The van der Waals surface area contributed by atoms with Crippen LogP contribution in [0.3, 0.4) is 0 Å². The molecule has 0 radical (unpaired) electrons. The molecule has 7 nitrogen and oxygen atoms in total. The zero-order valence-corrected chi connectivity index (χ0v) is 13.0. The number of benzene rings is 1. The van der Waals surface area contributed by atoms with Gasteiger partial charge in [0.15, 0.2) is 0 Å². The molecule has 0 spiro atoms. The Morgan fingerprint density at radius 3 is 2.55 bits per heavy atom. The maximum atomic E-state index is 12.6. The summed E-state index contributed by atoms with van der Waals surface area (Å²) in [5.41, 5.74) is 0.950. The molecule has 1 aromatic carbocycles. The van der Waals surface area contributed by atoms with E-state index in [9.17, 15) is 18.5 Å². The molecular weight excluding hydrogens is 308 g/mol. The van der Waals surface area contributed by atoms with Crippen molar-refractivity contribution in [2.24, 2.45) is 0 Å². The minimum absolute atomic E-state index is 0.0425. The molecular formula is C14H16N2O5S. The normalized spacial score (nSPS) is 11.8. The molecule has 2 rings (SSSR count). The summed E-state index contributed by atoms with van der Waals surface area (Å²) in [5, 5.41) is 10.8. The number of sulfonamides is 1. The summed E-state index contributed by atoms with van der Waals surface area (Å²) in [6.45, 7) is 3.72. The van der Waals surface area contributed by atoms with Gasteiger partial charge in [-0.1, -0.05) is 6.92 Å². The first-order valence-electron chi connectivity index (χ1n) is 6.62. The molecule has 0 saturated carbocycles. The molecule has 0 amide bonds. The van der Waals surface area contributed by atoms with Crippen molar-refractivity contribution in [3.8, 4) is 0 Å². The van der Waals surface area contributed by atoms with Crippen LogP contribution in [0.25, 0.3) is 0 Å². The van der Waals surface area contributed by atoms with Crippen LogP contribution in [0.1, 0.15) is 18.1 Å². The quantitative estimate of drug-likeness (QED) is 0.601. The molecule has 0 bridgehead atoms. The van der Waals surface area contributed by atoms with Crippen molar-refractivity contribution in [3.63, 3.8) is 0 Å². The molecule has 1 heterocycles. The highest BCUT2D eigenvalue weighted by atomic mass is 32.2. The van der Waals surface area contributed by atoms with Crippen molar-refractivity contribution >= 4 is 15.7 Å². The molecule has 0 unspecified atom stereocenters. The third-order valence-electron chi connectivity index (χ3n) is 3.29. The van der Waals surface area contributed by atoms with Crippen LogP contribution in [0.15, 0.2) is 46.1 Å². The van der Waals surface area contributed by atoms with E-state index in [-0.39, 0.29) is 23.7 Å². The van der Waals surface area contributed by atoms with E-state index < -0.39 is 14.9 Å². The van der Waals surface area contributed by atoms with Gasteiger partial charge in [-0.3, -0.25) is 10.1 Å². The lowest BCUT2D eigenvalue weighted by molar-refractivity contribution is -0.385. The highest BCUT2D eigenvalue weighted by Gasteiger charge is 2.25. The summed E-state index contributed by atoms with van der Waals surface area (Å²) in [7, 11) is -3.72. The second-order valence-corrected chi connectivity index (χ2v) is 6.71. The molecule has 0 atom stereocenters. The first-order valence-corrected chi connectivity index (χ1v) is 8.06. The van der Waals surface area contributed by atoms with E-state index >= 15 is 0 Å². The minimum Gasteiger partial charge on any atom is -0.472 e. The molecule has 1 aromatic heterocycles. The lowest BCUT2D eigenvalue weighted by atomic mass is 10.2. The predicted molar refractivity (Wildman–Crippen MR) is 79.8 cm³/mol. The number of furan rings is 1. The molecule has 2 aromatic rings. The summed E-state index contributed by atoms with van der Waals surface area (Å²) < 4.78 is 31.5. The molecule has 22 heavy (non-hydrogen) atoms. The summed E-state index contributed by atoms with van der Waals surface area (Å²) in [4.78, 5) is 10.3. The van der Waals surface area contributed by atoms with Crippen LogP contribution < -0.4 is 0 Å². The van der Waals surface area contributed by atoms with Crippen molar-refractivity contribution < 1.29 is 17.8 Å². The van der Waals surface area contributed by atoms with Crippen LogP contribution in [0, 0.1) is 17.0 Å². The maximum Gasteiger partial charge on any atom is 0.272 e. The fourth-order valence-corrected chi connectivity index (χ4v) is 3.62. The van der Waals surface area contributed by atoms with Gasteiger partial charge in [-0.25, -0.2) is 8.42 Å². The highest BCUT2D eigenvalue weighted by molar-refractivity contribution is 7.89. The first kappa shape index (κ1) is 16.2. The minimum atomic E-state index is -3.72. The summed E-state index contributed by atoms with van der Waals surface area (Å²) in [5.74, 6) is 0. The van der Waals surface area contributed by atoms with E-state index in [2.05, 4.69) is 0 Å². The lowest BCUT2D eigenvalue weighted by Gasteiger charge is -2.20. The van der Waals surface area contributed by atoms with E-state index in [0.717, 1.165) is 5.56 Å². The van der Waals surface area contributed by atoms with Crippen molar-refractivity contribution in [1.29, 1.82) is 0 Å². The third kappa shape index (κ3) is 3.18. The Morgan fingerprint density at radius 2 is 2.05 bits per heavy atom. The Labute approximate surface area is 128 Å². The Bertz CT molecular complexity index is 769. The van der Waals surface area contributed by atoms with Crippen LogP contribution in [-0.4, -0.2) is 24.2 Å². The Balaban J connectivity index is 2.35. The van der Waals surface area contributed by atoms with Crippen LogP contribution in [0.5, 0.6) is 0 Å². The molecule has 0 saturated heterocycles. The fraction of sp³-hybridized carbons (Fsp3) is 0.286. The molecule has 0 aliphatic heterocycles. The van der Waals surface area contributed by atoms with Gasteiger partial charge in [-0.05, 0) is 25.1 Å². The average molecular weight is 324 g/mol. The number of rotatable bonds is 6. The number of aryl methyl sites for hydroxylation is 1. The zero-order chi connectivity index (χ0) is 16.3. The molecule has 0 aliphatic rings. The smallest absolute Gasteiger partial charge is 0.272 e. The van der Waals surface area contributed by atoms with Gasteiger partial charge in [0.2, 0.25) is 10.0 Å². The summed E-state index contributed by atoms with van der Waals surface area (Å²) in [6.07, 6.45) is 2.96. The van der Waals surface area contributed by atoms with Crippen molar-refractivity contribution in [2.75, 3.05) is 6.54 Å². The zero-order valence-electron chi connectivity index (χ0n) is 12.2. The lowest BCUT2D eigenvalue weighted by Crippen LogP contribution is -2.30. The van der Waals surface area contributed by atoms with Gasteiger partial charge < -0.3 is 4.42 Å². The van der Waals surface area contributed by atoms with Gasteiger partial charge in [-0.2, -0.15) is 4.31 Å². The molecule has 0 N–H and O–H groups in total. The summed E-state index contributed by atoms with van der Waals surface area (Å²) in [6, 6.07) is 5.50. The van der Waals surface area contributed by atoms with Crippen LogP contribution in [-0.2, 0) is 16.6 Å². The van der Waals surface area contributed by atoms with E-state index in [4.69, 9.17) is 4.42 Å². The molecule has 0 fully saturated rings. The van der Waals surface area contributed by atoms with E-state index in [1.54, 1.807) is 13.0 Å². The van der Waals surface area contributed by atoms with Gasteiger partial charge in [0.25, 0.3) is 5.69 Å². The van der Waals surface area contributed by atoms with E-state index in [1.807, 2.05) is 0 Å². The second kappa shape index (κ2) is 6.29. The van der Waals surface area contributed by atoms with Gasteiger partial charge in [-0.15, -0.1) is 0 Å². The van der Waals surface area contributed by atoms with Crippen LogP contribution >= 0.6 is 0 Å². The average Bonchev–Trinajstić information content (AvgIpc) is 2.97. The molecule has 118 valence electrons. The first-order chi connectivity index (χ1) is 10.4. The Hall–Kier alpha value is -2.19. The molecule has 8 heteroatoms. The van der Waals surface area contributed by atoms with Crippen LogP contribution in [0.2, 0.25) is 0 Å². The van der Waals surface area contributed by atoms with Gasteiger partial charge in [0.05, 0.1) is 22.3 Å². The third-order valence-corrected chi connectivity index (χ3v) is 5.21. The number of hydrogen-bond acceptors (Lipinski definition) is 5. The number of nitrogens with zero attached hydrogens (tertiary/aromatic N) is 2. The SMILES string of the molecule is CCN(Cc1ccoc1)S(=O)(=O)c1ccc([N+](=O)[O-])c(C)c1. The largest absolute Gasteiger partial charge is 0.472 e. The molecule has 0 aliphatic carbocycles. The van der Waals surface area contributed by atoms with Crippen molar-refractivity contribution in [1.82, 2.24) is 4.31 Å². The number of hydrogen-bond donors (Lipinski definition) is 0. The summed E-state index contributed by atoms with van der Waals surface area (Å²) >= 11 is 0.